The van der Waals surface area contributed by atoms with Gasteiger partial charge in [-0.2, -0.15) is 4.31 Å². The normalized spacial score (nSPS) is 14.7. The summed E-state index contributed by atoms with van der Waals surface area (Å²) in [4.78, 5) is 5.06. The summed E-state index contributed by atoms with van der Waals surface area (Å²) in [6.07, 6.45) is 2.91. The zero-order chi connectivity index (χ0) is 23.5. The first-order chi connectivity index (χ1) is 16.5. The Hall–Kier alpha value is -3.07. The van der Waals surface area contributed by atoms with Crippen molar-refractivity contribution in [1.82, 2.24) is 9.29 Å². The molecular formula is C26H23FN2O3S2. The van der Waals surface area contributed by atoms with Crippen LogP contribution in [0.1, 0.15) is 19.3 Å². The molecule has 0 atom stereocenters. The van der Waals surface area contributed by atoms with Gasteiger partial charge in [-0.25, -0.2) is 17.8 Å². The summed E-state index contributed by atoms with van der Waals surface area (Å²) in [6, 6.07) is 20.4. The summed E-state index contributed by atoms with van der Waals surface area (Å²) in [5.74, 6) is 0.912. The third kappa shape index (κ3) is 4.89. The summed E-state index contributed by atoms with van der Waals surface area (Å²) < 4.78 is 46.1. The SMILES string of the molecule is O=S(=O)(c1ccc(-c2csc(-c3ccc(Oc4ccc(F)cc4)cc3)n2)cc1)N1CCCCC1. The van der Waals surface area contributed by atoms with Crippen molar-refractivity contribution in [3.63, 3.8) is 0 Å². The van der Waals surface area contributed by atoms with Gasteiger partial charge in [0, 0.05) is 29.6 Å². The molecule has 1 fully saturated rings. The number of sulfonamides is 1. The Labute approximate surface area is 202 Å². The average molecular weight is 495 g/mol. The maximum Gasteiger partial charge on any atom is 0.243 e. The van der Waals surface area contributed by atoms with Crippen LogP contribution in [0.25, 0.3) is 21.8 Å². The third-order valence-electron chi connectivity index (χ3n) is 5.76. The van der Waals surface area contributed by atoms with Crippen molar-refractivity contribution >= 4 is 21.4 Å². The fraction of sp³-hybridized carbons (Fsp3) is 0.192. The summed E-state index contributed by atoms with van der Waals surface area (Å²) in [6.45, 7) is 1.18. The van der Waals surface area contributed by atoms with Crippen LogP contribution in [0.5, 0.6) is 11.5 Å². The van der Waals surface area contributed by atoms with E-state index in [1.165, 1.54) is 23.5 Å². The molecule has 8 heteroatoms. The molecule has 5 rings (SSSR count). The van der Waals surface area contributed by atoms with Gasteiger partial charge < -0.3 is 4.74 Å². The molecule has 3 aromatic carbocycles. The number of halogens is 1. The van der Waals surface area contributed by atoms with E-state index < -0.39 is 10.0 Å². The molecular weight excluding hydrogens is 471 g/mol. The van der Waals surface area contributed by atoms with Crippen molar-refractivity contribution in [1.29, 1.82) is 0 Å². The van der Waals surface area contributed by atoms with Gasteiger partial charge in [0.2, 0.25) is 10.0 Å². The van der Waals surface area contributed by atoms with E-state index in [2.05, 4.69) is 0 Å². The fourth-order valence-corrected chi connectivity index (χ4v) is 6.25. The van der Waals surface area contributed by atoms with Crippen LogP contribution in [0, 0.1) is 5.82 Å². The van der Waals surface area contributed by atoms with E-state index in [0.29, 0.717) is 29.5 Å². The van der Waals surface area contributed by atoms with E-state index in [4.69, 9.17) is 9.72 Å². The number of hydrogen-bond acceptors (Lipinski definition) is 5. The van der Waals surface area contributed by atoms with Gasteiger partial charge in [0.1, 0.15) is 22.3 Å². The molecule has 0 N–H and O–H groups in total. The maximum atomic E-state index is 13.0. The monoisotopic (exact) mass is 494 g/mol. The largest absolute Gasteiger partial charge is 0.457 e. The van der Waals surface area contributed by atoms with E-state index in [9.17, 15) is 12.8 Å². The highest BCUT2D eigenvalue weighted by atomic mass is 32.2. The van der Waals surface area contributed by atoms with Crippen LogP contribution < -0.4 is 4.74 Å². The molecule has 0 saturated carbocycles. The average Bonchev–Trinajstić information content (AvgIpc) is 3.37. The molecule has 1 aromatic heterocycles. The first-order valence-electron chi connectivity index (χ1n) is 11.1. The Bertz CT molecular complexity index is 1360. The van der Waals surface area contributed by atoms with Crippen LogP contribution in [0.4, 0.5) is 4.39 Å². The second-order valence-corrected chi connectivity index (χ2v) is 10.9. The third-order valence-corrected chi connectivity index (χ3v) is 8.56. The van der Waals surface area contributed by atoms with Crippen LogP contribution in [0.3, 0.4) is 0 Å². The number of aromatic nitrogens is 1. The molecule has 0 aliphatic carbocycles. The Morgan fingerprint density at radius 1 is 0.794 bits per heavy atom. The van der Waals surface area contributed by atoms with Crippen LogP contribution in [-0.4, -0.2) is 30.8 Å². The highest BCUT2D eigenvalue weighted by Crippen LogP contribution is 2.32. The van der Waals surface area contributed by atoms with Crippen molar-refractivity contribution < 1.29 is 17.5 Å². The quantitative estimate of drug-likeness (QED) is 0.304. The second-order valence-electron chi connectivity index (χ2n) is 8.11. The van der Waals surface area contributed by atoms with E-state index in [1.54, 1.807) is 28.6 Å². The first kappa shape index (κ1) is 22.7. The number of rotatable bonds is 6. The zero-order valence-electron chi connectivity index (χ0n) is 18.4. The second kappa shape index (κ2) is 9.66. The van der Waals surface area contributed by atoms with Gasteiger partial charge >= 0.3 is 0 Å². The lowest BCUT2D eigenvalue weighted by atomic mass is 10.2. The van der Waals surface area contributed by atoms with Crippen LogP contribution in [0.2, 0.25) is 0 Å². The topological polar surface area (TPSA) is 59.5 Å². The predicted molar refractivity (Wildman–Crippen MR) is 132 cm³/mol. The fourth-order valence-electron chi connectivity index (χ4n) is 3.90. The van der Waals surface area contributed by atoms with Gasteiger partial charge in [0.15, 0.2) is 0 Å². The number of hydrogen-bond donors (Lipinski definition) is 0. The van der Waals surface area contributed by atoms with Gasteiger partial charge in [0.25, 0.3) is 0 Å². The minimum absolute atomic E-state index is 0.305. The van der Waals surface area contributed by atoms with Crippen LogP contribution >= 0.6 is 11.3 Å². The Kier molecular flexibility index (Phi) is 6.45. The van der Waals surface area contributed by atoms with Gasteiger partial charge in [-0.1, -0.05) is 18.6 Å². The molecule has 34 heavy (non-hydrogen) atoms. The molecule has 4 aromatic rings. The van der Waals surface area contributed by atoms with E-state index >= 15 is 0 Å². The molecule has 174 valence electrons. The lowest BCUT2D eigenvalue weighted by molar-refractivity contribution is 0.346. The van der Waals surface area contributed by atoms with E-state index in [-0.39, 0.29) is 5.82 Å². The van der Waals surface area contributed by atoms with E-state index in [0.717, 1.165) is 41.1 Å². The molecule has 0 amide bonds. The molecule has 1 aliphatic rings. The number of thiazole rings is 1. The maximum absolute atomic E-state index is 13.0. The zero-order valence-corrected chi connectivity index (χ0v) is 20.0. The van der Waals surface area contributed by atoms with Crippen molar-refractivity contribution in [3.8, 4) is 33.3 Å². The summed E-state index contributed by atoms with van der Waals surface area (Å²) in [5.41, 5.74) is 2.62. The Morgan fingerprint density at radius 2 is 1.38 bits per heavy atom. The molecule has 0 unspecified atom stereocenters. The van der Waals surface area contributed by atoms with Gasteiger partial charge in [-0.15, -0.1) is 11.3 Å². The van der Waals surface area contributed by atoms with Crippen molar-refractivity contribution in [3.05, 3.63) is 84.0 Å². The van der Waals surface area contributed by atoms with Crippen molar-refractivity contribution in [2.45, 2.75) is 24.2 Å². The minimum atomic E-state index is -3.44. The number of benzene rings is 3. The molecule has 0 radical (unpaired) electrons. The lowest BCUT2D eigenvalue weighted by Crippen LogP contribution is -2.35. The summed E-state index contributed by atoms with van der Waals surface area (Å²) >= 11 is 1.52. The Balaban J connectivity index is 1.29. The van der Waals surface area contributed by atoms with Crippen molar-refractivity contribution in [2.24, 2.45) is 0 Å². The standard InChI is InChI=1S/C26H23FN2O3S2/c27-21-8-12-23(13-9-21)32-22-10-4-20(5-11-22)26-28-25(18-33-26)19-6-14-24(15-7-19)34(30,31)29-16-2-1-3-17-29/h4-15,18H,1-3,16-17H2. The molecule has 1 aliphatic heterocycles. The smallest absolute Gasteiger partial charge is 0.243 e. The number of piperidine rings is 1. The number of ether oxygens (including phenoxy) is 1. The predicted octanol–water partition coefficient (Wildman–Crippen LogP) is 6.58. The highest BCUT2D eigenvalue weighted by molar-refractivity contribution is 7.89. The minimum Gasteiger partial charge on any atom is -0.457 e. The highest BCUT2D eigenvalue weighted by Gasteiger charge is 2.25. The molecule has 1 saturated heterocycles. The van der Waals surface area contributed by atoms with Crippen molar-refractivity contribution in [2.75, 3.05) is 13.1 Å². The summed E-state index contributed by atoms with van der Waals surface area (Å²) in [5, 5.41) is 2.82. The Morgan fingerprint density at radius 3 is 2.03 bits per heavy atom. The lowest BCUT2D eigenvalue weighted by Gasteiger charge is -2.25. The summed E-state index contributed by atoms with van der Waals surface area (Å²) in [7, 11) is -3.44. The van der Waals surface area contributed by atoms with Crippen LogP contribution in [0.15, 0.2) is 83.1 Å². The van der Waals surface area contributed by atoms with Crippen LogP contribution in [-0.2, 0) is 10.0 Å². The van der Waals surface area contributed by atoms with Gasteiger partial charge in [0.05, 0.1) is 10.6 Å². The molecule has 0 spiro atoms. The molecule has 2 heterocycles. The molecule has 5 nitrogen and oxygen atoms in total. The van der Waals surface area contributed by atoms with Gasteiger partial charge in [-0.05, 0) is 73.5 Å². The van der Waals surface area contributed by atoms with Gasteiger partial charge in [-0.3, -0.25) is 0 Å². The first-order valence-corrected chi connectivity index (χ1v) is 13.4. The number of nitrogens with zero attached hydrogens (tertiary/aromatic N) is 2. The van der Waals surface area contributed by atoms with E-state index in [1.807, 2.05) is 41.8 Å². The molecule has 0 bridgehead atoms.